The molecule has 0 aliphatic carbocycles. The number of fused-ring (bicyclic) bond motifs is 1. The Balaban J connectivity index is 1.33. The summed E-state index contributed by atoms with van der Waals surface area (Å²) in [4.78, 5) is 18.4. The highest BCUT2D eigenvalue weighted by atomic mass is 16.5. The molecule has 3 rings (SSSR count). The number of hydrogen-bond acceptors (Lipinski definition) is 8. The number of aromatic nitrogens is 3. The van der Waals surface area contributed by atoms with E-state index in [1.807, 2.05) is 11.1 Å². The largest absolute Gasteiger partial charge is 0.382 e. The van der Waals surface area contributed by atoms with Gasteiger partial charge in [0.05, 0.1) is 18.8 Å². The van der Waals surface area contributed by atoms with Crippen LogP contribution in [0.4, 0.5) is 17.3 Å². The molecular weight excluding hydrogens is 510 g/mol. The zero-order valence-corrected chi connectivity index (χ0v) is 26.1. The van der Waals surface area contributed by atoms with E-state index in [9.17, 15) is 0 Å². The van der Waals surface area contributed by atoms with E-state index >= 15 is 0 Å². The van der Waals surface area contributed by atoms with Gasteiger partial charge in [0, 0.05) is 32.3 Å². The first kappa shape index (κ1) is 32.8. The van der Waals surface area contributed by atoms with Crippen molar-refractivity contribution >= 4 is 17.3 Å². The summed E-state index contributed by atoms with van der Waals surface area (Å²) < 4.78 is 5.89. The van der Waals surface area contributed by atoms with Crippen LogP contribution in [0.5, 0.6) is 0 Å². The minimum absolute atomic E-state index is 0.476. The van der Waals surface area contributed by atoms with Crippen LogP contribution in [-0.4, -0.2) is 46.7 Å². The van der Waals surface area contributed by atoms with Gasteiger partial charge in [0.25, 0.3) is 0 Å². The number of rotatable bonds is 22. The number of likely N-dealkylation sites (N-methyl/N-ethyl adjacent to an activating group) is 1. The minimum Gasteiger partial charge on any atom is -0.382 e. The molecule has 41 heavy (non-hydrogen) atoms. The summed E-state index contributed by atoms with van der Waals surface area (Å²) in [6.07, 6.45) is 19.7. The van der Waals surface area contributed by atoms with Crippen molar-refractivity contribution < 1.29 is 4.74 Å². The van der Waals surface area contributed by atoms with E-state index in [2.05, 4.69) is 54.8 Å². The Bertz CT molecular complexity index is 1030. The number of nitrogens with zero attached hydrogens (tertiary/aromatic N) is 5. The van der Waals surface area contributed by atoms with E-state index in [0.717, 1.165) is 80.8 Å². The Kier molecular flexibility index (Phi) is 14.9. The lowest BCUT2D eigenvalue weighted by Crippen LogP contribution is -2.23. The molecule has 2 aromatic heterocycles. The van der Waals surface area contributed by atoms with Crippen LogP contribution in [0.3, 0.4) is 0 Å². The maximum Gasteiger partial charge on any atom is 0.164 e. The van der Waals surface area contributed by atoms with Gasteiger partial charge >= 0.3 is 0 Å². The zero-order valence-electron chi connectivity index (χ0n) is 26.1. The maximum atomic E-state index is 6.25. The first-order valence-corrected chi connectivity index (χ1v) is 16.1. The summed E-state index contributed by atoms with van der Waals surface area (Å²) in [5, 5.41) is 3.25. The summed E-state index contributed by atoms with van der Waals surface area (Å²) in [6.45, 7) is 12.6. The van der Waals surface area contributed by atoms with Crippen molar-refractivity contribution in [2.24, 2.45) is 0 Å². The molecule has 0 saturated carbocycles. The molecule has 0 atom stereocenters. The summed E-state index contributed by atoms with van der Waals surface area (Å²) in [7, 11) is 2.14. The standard InChI is InChI=1S/C33H55N7O/c1-5-7-9-10-11-12-13-14-15-17-22-41-23-21-39(4)25-28-19-20-29(35-24-28)26-40-27(3)36-31-32(34)37-30(38-33(31)40)18-16-8-6-2/h19-20,24,36H,3,5-18,21-23,25-26H2,1-2,4H3,(H2,34,37,38). The molecule has 0 amide bonds. The molecule has 0 saturated heterocycles. The van der Waals surface area contributed by atoms with Gasteiger partial charge in [0.2, 0.25) is 0 Å². The number of nitrogens with two attached hydrogens (primary N) is 1. The number of nitrogen functional groups attached to an aromatic ring is 1. The predicted molar refractivity (Wildman–Crippen MR) is 172 cm³/mol. The number of nitrogens with one attached hydrogen (secondary N) is 1. The van der Waals surface area contributed by atoms with Crippen molar-refractivity contribution in [3.05, 3.63) is 47.8 Å². The van der Waals surface area contributed by atoms with E-state index in [4.69, 9.17) is 20.4 Å². The second kappa shape index (κ2) is 18.7. The van der Waals surface area contributed by atoms with Crippen molar-refractivity contribution in [2.75, 3.05) is 42.8 Å². The van der Waals surface area contributed by atoms with Crippen molar-refractivity contribution in [1.29, 1.82) is 0 Å². The maximum absolute atomic E-state index is 6.25. The van der Waals surface area contributed by atoms with Gasteiger partial charge in [-0.3, -0.25) is 9.88 Å². The molecule has 8 heteroatoms. The van der Waals surface area contributed by atoms with E-state index in [-0.39, 0.29) is 0 Å². The van der Waals surface area contributed by atoms with Gasteiger partial charge in [-0.2, -0.15) is 0 Å². The zero-order chi connectivity index (χ0) is 29.3. The fraction of sp³-hybridized carbons (Fsp3) is 0.667. The van der Waals surface area contributed by atoms with Gasteiger partial charge in [-0.25, -0.2) is 9.97 Å². The van der Waals surface area contributed by atoms with Crippen LogP contribution in [0.15, 0.2) is 30.7 Å². The highest BCUT2D eigenvalue weighted by Crippen LogP contribution is 2.38. The van der Waals surface area contributed by atoms with Gasteiger partial charge in [-0.1, -0.05) is 97.1 Å². The number of aryl methyl sites for hydroxylation is 1. The lowest BCUT2D eigenvalue weighted by molar-refractivity contribution is 0.106. The molecule has 0 spiro atoms. The SMILES string of the molecule is C=C1Nc2c(N)nc(CCCCC)nc2N1Cc1ccc(CN(C)CCOCCCCCCCCCCCC)cn1. The third-order valence-electron chi connectivity index (χ3n) is 7.74. The van der Waals surface area contributed by atoms with E-state index in [0.29, 0.717) is 12.4 Å². The first-order chi connectivity index (χ1) is 20.0. The van der Waals surface area contributed by atoms with Gasteiger partial charge < -0.3 is 20.7 Å². The van der Waals surface area contributed by atoms with Crippen LogP contribution in [0.2, 0.25) is 0 Å². The number of ether oxygens (including phenoxy) is 1. The van der Waals surface area contributed by atoms with Crippen molar-refractivity contribution in [3.63, 3.8) is 0 Å². The van der Waals surface area contributed by atoms with Crippen LogP contribution >= 0.6 is 0 Å². The second-order valence-electron chi connectivity index (χ2n) is 11.5. The summed E-state index contributed by atoms with van der Waals surface area (Å²) in [5.74, 6) is 2.80. The first-order valence-electron chi connectivity index (χ1n) is 16.1. The number of pyridine rings is 1. The number of hydrogen-bond donors (Lipinski definition) is 2. The smallest absolute Gasteiger partial charge is 0.164 e. The molecule has 8 nitrogen and oxygen atoms in total. The van der Waals surface area contributed by atoms with Crippen LogP contribution in [0.25, 0.3) is 0 Å². The van der Waals surface area contributed by atoms with Crippen molar-refractivity contribution in [2.45, 2.75) is 117 Å². The Morgan fingerprint density at radius 3 is 2.27 bits per heavy atom. The quantitative estimate of drug-likeness (QED) is 0.142. The second-order valence-corrected chi connectivity index (χ2v) is 11.5. The van der Waals surface area contributed by atoms with Crippen LogP contribution in [0, 0.1) is 0 Å². The monoisotopic (exact) mass is 565 g/mol. The molecule has 0 bridgehead atoms. The summed E-state index contributed by atoms with van der Waals surface area (Å²) in [5.41, 5.74) is 9.13. The average Bonchev–Trinajstić information content (AvgIpc) is 3.27. The van der Waals surface area contributed by atoms with Gasteiger partial charge in [0.15, 0.2) is 11.6 Å². The van der Waals surface area contributed by atoms with Gasteiger partial charge in [-0.15, -0.1) is 0 Å². The van der Waals surface area contributed by atoms with E-state index in [1.165, 1.54) is 69.8 Å². The summed E-state index contributed by atoms with van der Waals surface area (Å²) in [6, 6.07) is 4.24. The Hall–Kier alpha value is -2.71. The lowest BCUT2D eigenvalue weighted by Gasteiger charge is -2.19. The molecule has 3 N–H and O–H groups in total. The summed E-state index contributed by atoms with van der Waals surface area (Å²) >= 11 is 0. The van der Waals surface area contributed by atoms with Gasteiger partial charge in [-0.05, 0) is 31.5 Å². The number of unbranched alkanes of at least 4 members (excludes halogenated alkanes) is 11. The molecule has 2 aromatic rings. The third kappa shape index (κ3) is 11.6. The molecule has 1 aliphatic heterocycles. The van der Waals surface area contributed by atoms with Crippen LogP contribution in [-0.2, 0) is 24.2 Å². The van der Waals surface area contributed by atoms with E-state index in [1.54, 1.807) is 0 Å². The Morgan fingerprint density at radius 2 is 1.59 bits per heavy atom. The molecular formula is C33H55N7O. The Morgan fingerprint density at radius 1 is 0.902 bits per heavy atom. The lowest BCUT2D eigenvalue weighted by atomic mass is 10.1. The van der Waals surface area contributed by atoms with E-state index < -0.39 is 0 Å². The van der Waals surface area contributed by atoms with Gasteiger partial charge in [0.1, 0.15) is 17.3 Å². The normalized spacial score (nSPS) is 12.8. The van der Waals surface area contributed by atoms with Crippen LogP contribution < -0.4 is 16.0 Å². The van der Waals surface area contributed by atoms with Crippen molar-refractivity contribution in [1.82, 2.24) is 19.9 Å². The molecule has 0 radical (unpaired) electrons. The third-order valence-corrected chi connectivity index (χ3v) is 7.74. The molecule has 228 valence electrons. The Labute approximate surface area is 249 Å². The number of anilines is 3. The molecule has 1 aliphatic rings. The van der Waals surface area contributed by atoms with Crippen molar-refractivity contribution in [3.8, 4) is 0 Å². The highest BCUT2D eigenvalue weighted by Gasteiger charge is 2.28. The fourth-order valence-electron chi connectivity index (χ4n) is 5.19. The topological polar surface area (TPSA) is 92.4 Å². The minimum atomic E-state index is 0.476. The predicted octanol–water partition coefficient (Wildman–Crippen LogP) is 7.46. The molecule has 0 fully saturated rings. The fourth-order valence-corrected chi connectivity index (χ4v) is 5.19. The average molecular weight is 566 g/mol. The van der Waals surface area contributed by atoms with Crippen LogP contribution in [0.1, 0.15) is 114 Å². The highest BCUT2D eigenvalue weighted by molar-refractivity contribution is 5.84. The molecule has 3 heterocycles. The molecule has 0 aromatic carbocycles. The molecule has 0 unspecified atom stereocenters.